The normalized spacial score (nSPS) is 16.9. The maximum Gasteiger partial charge on any atom is 0.343 e. The van der Waals surface area contributed by atoms with Crippen molar-refractivity contribution >= 4 is 17.4 Å². The van der Waals surface area contributed by atoms with Crippen LogP contribution in [0.15, 0.2) is 36.7 Å². The molecule has 0 amide bonds. The monoisotopic (exact) mass is 372 g/mol. The van der Waals surface area contributed by atoms with Crippen molar-refractivity contribution in [3.8, 4) is 0 Å². The van der Waals surface area contributed by atoms with Crippen LogP contribution in [0.5, 0.6) is 0 Å². The summed E-state index contributed by atoms with van der Waals surface area (Å²) in [5.74, 6) is -0.820. The molecule has 1 aliphatic rings. The van der Waals surface area contributed by atoms with Crippen LogP contribution >= 0.6 is 0 Å². The van der Waals surface area contributed by atoms with Crippen LogP contribution in [0.2, 0.25) is 0 Å². The van der Waals surface area contributed by atoms with E-state index in [0.29, 0.717) is 30.0 Å². The van der Waals surface area contributed by atoms with Crippen LogP contribution in [0.3, 0.4) is 0 Å². The first-order valence-electron chi connectivity index (χ1n) is 8.81. The van der Waals surface area contributed by atoms with Crippen molar-refractivity contribution in [1.82, 2.24) is 14.6 Å². The minimum atomic E-state index is -0.494. The predicted molar refractivity (Wildman–Crippen MR) is 94.6 cm³/mol. The molecule has 27 heavy (non-hydrogen) atoms. The van der Waals surface area contributed by atoms with Gasteiger partial charge in [0.1, 0.15) is 23.0 Å². The molecule has 0 saturated carbocycles. The van der Waals surface area contributed by atoms with Crippen LogP contribution in [0.25, 0.3) is 5.65 Å². The molecule has 4 rings (SSSR count). The Morgan fingerprint density at radius 2 is 2.19 bits per heavy atom. The van der Waals surface area contributed by atoms with Gasteiger partial charge in [-0.15, -0.1) is 0 Å². The Hall–Kier alpha value is -3.03. The number of hydrogen-bond donors (Lipinski definition) is 0. The Balaban J connectivity index is 1.73. The van der Waals surface area contributed by atoms with Crippen LogP contribution in [0.4, 0.5) is 14.6 Å². The molecule has 1 atom stereocenters. The summed E-state index contributed by atoms with van der Waals surface area (Å²) in [4.78, 5) is 18.6. The van der Waals surface area contributed by atoms with E-state index in [0.717, 1.165) is 18.6 Å². The van der Waals surface area contributed by atoms with Gasteiger partial charge in [0.15, 0.2) is 5.65 Å². The Morgan fingerprint density at radius 3 is 3.00 bits per heavy atom. The fraction of sp³-hybridized carbons (Fsp3) is 0.316. The van der Waals surface area contributed by atoms with Crippen molar-refractivity contribution in [2.75, 3.05) is 18.1 Å². The SMILES string of the molecule is CCOC(=O)c1cnn2ccc(N3CCCC3c3cc(F)ccc3F)nc12. The summed E-state index contributed by atoms with van der Waals surface area (Å²) in [6.07, 6.45) is 4.63. The second-order valence-corrected chi connectivity index (χ2v) is 6.35. The molecular weight excluding hydrogens is 354 g/mol. The molecule has 0 N–H and O–H groups in total. The maximum absolute atomic E-state index is 14.3. The summed E-state index contributed by atoms with van der Waals surface area (Å²) in [5.41, 5.74) is 0.955. The van der Waals surface area contributed by atoms with E-state index in [1.807, 2.05) is 4.90 Å². The molecule has 6 nitrogen and oxygen atoms in total. The molecule has 1 fully saturated rings. The molecular formula is C19H18F2N4O2. The van der Waals surface area contributed by atoms with Crippen LogP contribution in [-0.4, -0.2) is 33.7 Å². The summed E-state index contributed by atoms with van der Waals surface area (Å²) in [7, 11) is 0. The van der Waals surface area contributed by atoms with Crippen molar-refractivity contribution in [2.45, 2.75) is 25.8 Å². The van der Waals surface area contributed by atoms with Crippen molar-refractivity contribution in [3.05, 3.63) is 59.4 Å². The Morgan fingerprint density at radius 1 is 1.33 bits per heavy atom. The highest BCUT2D eigenvalue weighted by Crippen LogP contribution is 2.36. The molecule has 3 aromatic rings. The number of aromatic nitrogens is 3. The lowest BCUT2D eigenvalue weighted by atomic mass is 10.0. The van der Waals surface area contributed by atoms with Gasteiger partial charge >= 0.3 is 5.97 Å². The second kappa shape index (κ2) is 6.94. The summed E-state index contributed by atoms with van der Waals surface area (Å²) >= 11 is 0. The average Bonchev–Trinajstić information content (AvgIpc) is 3.30. The lowest BCUT2D eigenvalue weighted by Gasteiger charge is -2.26. The number of ether oxygens (including phenoxy) is 1. The third kappa shape index (κ3) is 3.11. The molecule has 1 aliphatic heterocycles. The van der Waals surface area contributed by atoms with E-state index in [1.165, 1.54) is 16.8 Å². The molecule has 3 heterocycles. The summed E-state index contributed by atoms with van der Waals surface area (Å²) < 4.78 is 34.5. The zero-order valence-corrected chi connectivity index (χ0v) is 14.7. The van der Waals surface area contributed by atoms with E-state index in [2.05, 4.69) is 10.1 Å². The topological polar surface area (TPSA) is 59.7 Å². The molecule has 0 radical (unpaired) electrons. The molecule has 0 spiro atoms. The number of esters is 1. The van der Waals surface area contributed by atoms with Gasteiger partial charge in [-0.25, -0.2) is 23.1 Å². The van der Waals surface area contributed by atoms with E-state index in [4.69, 9.17) is 4.74 Å². The minimum Gasteiger partial charge on any atom is -0.462 e. The standard InChI is InChI=1S/C19H18F2N4O2/c1-2-27-19(26)14-11-22-25-9-7-17(23-18(14)25)24-8-3-4-16(24)13-10-12(20)5-6-15(13)21/h5-7,9-11,16H,2-4,8H2,1H3. The van der Waals surface area contributed by atoms with Crippen LogP contribution in [0, 0.1) is 11.6 Å². The third-order valence-electron chi connectivity index (χ3n) is 4.71. The van der Waals surface area contributed by atoms with Crippen molar-refractivity contribution in [1.29, 1.82) is 0 Å². The van der Waals surface area contributed by atoms with Crippen LogP contribution in [-0.2, 0) is 4.74 Å². The average molecular weight is 372 g/mol. The van der Waals surface area contributed by atoms with Crippen molar-refractivity contribution in [2.24, 2.45) is 0 Å². The molecule has 2 aromatic heterocycles. The number of carbonyl (C=O) groups excluding carboxylic acids is 1. The molecule has 0 aliphatic carbocycles. The second-order valence-electron chi connectivity index (χ2n) is 6.35. The van der Waals surface area contributed by atoms with Gasteiger partial charge in [-0.1, -0.05) is 0 Å². The van der Waals surface area contributed by atoms with E-state index in [-0.39, 0.29) is 18.2 Å². The fourth-order valence-electron chi connectivity index (χ4n) is 3.51. The van der Waals surface area contributed by atoms with E-state index < -0.39 is 17.6 Å². The number of fused-ring (bicyclic) bond motifs is 1. The highest BCUT2D eigenvalue weighted by molar-refractivity contribution is 5.95. The van der Waals surface area contributed by atoms with Crippen molar-refractivity contribution in [3.63, 3.8) is 0 Å². The van der Waals surface area contributed by atoms with Gasteiger partial charge in [0, 0.05) is 18.3 Å². The number of carbonyl (C=O) groups is 1. The zero-order chi connectivity index (χ0) is 19.0. The lowest BCUT2D eigenvalue weighted by molar-refractivity contribution is 0.0528. The van der Waals surface area contributed by atoms with Crippen LogP contribution in [0.1, 0.15) is 41.7 Å². The van der Waals surface area contributed by atoms with Gasteiger partial charge in [0.2, 0.25) is 0 Å². The lowest BCUT2D eigenvalue weighted by Crippen LogP contribution is -2.24. The minimum absolute atomic E-state index is 0.253. The first-order valence-corrected chi connectivity index (χ1v) is 8.81. The molecule has 0 bridgehead atoms. The number of hydrogen-bond acceptors (Lipinski definition) is 5. The van der Waals surface area contributed by atoms with E-state index in [9.17, 15) is 13.6 Å². The van der Waals surface area contributed by atoms with E-state index in [1.54, 1.807) is 19.2 Å². The zero-order valence-electron chi connectivity index (χ0n) is 14.7. The first kappa shape index (κ1) is 17.4. The Kier molecular flexibility index (Phi) is 4.47. The van der Waals surface area contributed by atoms with Crippen LogP contribution < -0.4 is 4.90 Å². The summed E-state index contributed by atoms with van der Waals surface area (Å²) in [5, 5.41) is 4.12. The molecule has 1 aromatic carbocycles. The quantitative estimate of drug-likeness (QED) is 0.656. The summed E-state index contributed by atoms with van der Waals surface area (Å²) in [6.45, 7) is 2.64. The number of anilines is 1. The fourth-order valence-corrected chi connectivity index (χ4v) is 3.51. The number of halogens is 2. The number of benzene rings is 1. The molecule has 140 valence electrons. The highest BCUT2D eigenvalue weighted by Gasteiger charge is 2.30. The van der Waals surface area contributed by atoms with E-state index >= 15 is 0 Å². The van der Waals surface area contributed by atoms with Gasteiger partial charge in [-0.3, -0.25) is 0 Å². The predicted octanol–water partition coefficient (Wildman–Crippen LogP) is 3.53. The maximum atomic E-state index is 14.3. The third-order valence-corrected chi connectivity index (χ3v) is 4.71. The summed E-state index contributed by atoms with van der Waals surface area (Å²) in [6, 6.07) is 4.93. The molecule has 1 saturated heterocycles. The first-order chi connectivity index (χ1) is 13.1. The largest absolute Gasteiger partial charge is 0.462 e. The molecule has 1 unspecified atom stereocenters. The highest BCUT2D eigenvalue weighted by atomic mass is 19.1. The number of rotatable bonds is 4. The smallest absolute Gasteiger partial charge is 0.343 e. The van der Waals surface area contributed by atoms with Gasteiger partial charge in [-0.05, 0) is 44.0 Å². The van der Waals surface area contributed by atoms with Crippen molar-refractivity contribution < 1.29 is 18.3 Å². The van der Waals surface area contributed by atoms with Gasteiger partial charge in [0.25, 0.3) is 0 Å². The van der Waals surface area contributed by atoms with Gasteiger partial charge in [-0.2, -0.15) is 5.10 Å². The Labute approximate surface area is 154 Å². The molecule has 8 heteroatoms. The Bertz CT molecular complexity index is 1000. The number of nitrogens with zero attached hydrogens (tertiary/aromatic N) is 4. The van der Waals surface area contributed by atoms with Gasteiger partial charge in [0.05, 0.1) is 18.8 Å². The van der Waals surface area contributed by atoms with Gasteiger partial charge < -0.3 is 9.64 Å².